The number of hydroxylamine groups is 1. The zero-order valence-corrected chi connectivity index (χ0v) is 21.1. The van der Waals surface area contributed by atoms with E-state index >= 15 is 0 Å². The molecular weight excluding hydrogens is 466 g/mol. The molecule has 0 fully saturated rings. The first-order chi connectivity index (χ1) is 15.7. The lowest BCUT2D eigenvalue weighted by Gasteiger charge is -2.34. The lowest BCUT2D eigenvalue weighted by Crippen LogP contribution is -2.62. The molecule has 12 heteroatoms. The summed E-state index contributed by atoms with van der Waals surface area (Å²) < 4.78 is 30.0. The minimum Gasteiger partial charge on any atom is -0.497 e. The Balaban J connectivity index is 3.29. The largest absolute Gasteiger partial charge is 0.497 e. The number of methoxy groups -OCH3 is 1. The maximum atomic E-state index is 13.3. The first-order valence-electron chi connectivity index (χ1n) is 10.7. The topological polar surface area (TPSA) is 171 Å². The molecule has 0 saturated heterocycles. The molecule has 1 rings (SSSR count). The Hall–Kier alpha value is -2.70. The molecule has 0 saturated carbocycles. The molecule has 0 aromatic heterocycles. The SMILES string of the molecule is CNC(=O)C(NC(=O)[C@H](CC(C)C)[C@H](O)C(=O)NO)C(C)(C)S(=O)(=O)Cc1ccc(OC)cc1. The second-order valence-corrected chi connectivity index (χ2v) is 11.5. The Kier molecular flexibility index (Phi) is 10.5. The number of sulfone groups is 1. The van der Waals surface area contributed by atoms with Gasteiger partial charge in [0.05, 0.1) is 23.5 Å². The predicted molar refractivity (Wildman–Crippen MR) is 125 cm³/mol. The van der Waals surface area contributed by atoms with Crippen LogP contribution >= 0.6 is 0 Å². The number of amides is 3. The highest BCUT2D eigenvalue weighted by Gasteiger charge is 2.47. The van der Waals surface area contributed by atoms with E-state index in [0.717, 1.165) is 0 Å². The summed E-state index contributed by atoms with van der Waals surface area (Å²) in [5.41, 5.74) is 1.76. The van der Waals surface area contributed by atoms with Crippen LogP contribution in [0.2, 0.25) is 0 Å². The van der Waals surface area contributed by atoms with Crippen LogP contribution in [-0.4, -0.2) is 67.5 Å². The van der Waals surface area contributed by atoms with E-state index in [0.29, 0.717) is 11.3 Å². The summed E-state index contributed by atoms with van der Waals surface area (Å²) in [7, 11) is -1.24. The number of aliphatic hydroxyl groups is 1. The second-order valence-electron chi connectivity index (χ2n) is 8.92. The van der Waals surface area contributed by atoms with Gasteiger partial charge in [0.1, 0.15) is 17.9 Å². The zero-order valence-electron chi connectivity index (χ0n) is 20.3. The molecule has 0 bridgehead atoms. The molecule has 0 spiro atoms. The standard InChI is InChI=1S/C22H35N3O8S/c1-13(2)11-16(17(26)20(28)25-30)19(27)24-18(21(29)23-5)22(3,4)34(31,32)12-14-7-9-15(33-6)10-8-14/h7-10,13,16-18,26,30H,11-12H2,1-6H3,(H,23,29)(H,24,27)(H,25,28)/t16-,17+,18?/m1/s1. The third-order valence-corrected chi connectivity index (χ3v) is 8.18. The number of rotatable bonds is 12. The van der Waals surface area contributed by atoms with E-state index < -0.39 is 56.1 Å². The smallest absolute Gasteiger partial charge is 0.272 e. The maximum Gasteiger partial charge on any atom is 0.272 e. The van der Waals surface area contributed by atoms with Crippen LogP contribution in [-0.2, 0) is 30.0 Å². The lowest BCUT2D eigenvalue weighted by molar-refractivity contribution is -0.147. The van der Waals surface area contributed by atoms with Gasteiger partial charge in [-0.3, -0.25) is 19.6 Å². The minimum absolute atomic E-state index is 0.0416. The van der Waals surface area contributed by atoms with Crippen LogP contribution in [0, 0.1) is 11.8 Å². The Labute approximate surface area is 200 Å². The van der Waals surface area contributed by atoms with Gasteiger partial charge in [-0.15, -0.1) is 0 Å². The van der Waals surface area contributed by atoms with Crippen molar-refractivity contribution >= 4 is 27.6 Å². The summed E-state index contributed by atoms with van der Waals surface area (Å²) in [6.07, 6.45) is -1.86. The molecular formula is C22H35N3O8S. The number of ether oxygens (including phenoxy) is 1. The van der Waals surface area contributed by atoms with Gasteiger partial charge in [0.25, 0.3) is 5.91 Å². The number of carbonyl (C=O) groups is 3. The van der Waals surface area contributed by atoms with E-state index in [9.17, 15) is 27.9 Å². The second kappa shape index (κ2) is 12.1. The van der Waals surface area contributed by atoms with Crippen molar-refractivity contribution in [2.24, 2.45) is 11.8 Å². The van der Waals surface area contributed by atoms with Crippen LogP contribution in [0.3, 0.4) is 0 Å². The average molecular weight is 502 g/mol. The van der Waals surface area contributed by atoms with Gasteiger partial charge in [-0.05, 0) is 43.9 Å². The number of carbonyl (C=O) groups excluding carboxylic acids is 3. The number of hydrogen-bond acceptors (Lipinski definition) is 8. The summed E-state index contributed by atoms with van der Waals surface area (Å²) >= 11 is 0. The molecule has 0 aliphatic heterocycles. The van der Waals surface area contributed by atoms with Crippen molar-refractivity contribution < 1.29 is 37.9 Å². The van der Waals surface area contributed by atoms with Crippen molar-refractivity contribution in [3.8, 4) is 5.75 Å². The molecule has 5 N–H and O–H groups in total. The Morgan fingerprint density at radius 3 is 2.06 bits per heavy atom. The predicted octanol–water partition coefficient (Wildman–Crippen LogP) is 0.148. The van der Waals surface area contributed by atoms with Crippen LogP contribution < -0.4 is 20.9 Å². The van der Waals surface area contributed by atoms with Crippen LogP contribution in [0.15, 0.2) is 24.3 Å². The maximum absolute atomic E-state index is 13.3. The number of likely N-dealkylation sites (N-methyl/N-ethyl adjacent to an activating group) is 1. The highest BCUT2D eigenvalue weighted by molar-refractivity contribution is 7.92. The Morgan fingerprint density at radius 1 is 1.06 bits per heavy atom. The molecule has 11 nitrogen and oxygen atoms in total. The van der Waals surface area contributed by atoms with Crippen molar-refractivity contribution in [2.75, 3.05) is 14.2 Å². The lowest BCUT2D eigenvalue weighted by atomic mass is 9.90. The van der Waals surface area contributed by atoms with Crippen molar-refractivity contribution in [3.63, 3.8) is 0 Å². The molecule has 1 aromatic rings. The van der Waals surface area contributed by atoms with E-state index in [4.69, 9.17) is 9.94 Å². The van der Waals surface area contributed by atoms with Gasteiger partial charge in [-0.2, -0.15) is 0 Å². The summed E-state index contributed by atoms with van der Waals surface area (Å²) in [4.78, 5) is 37.5. The number of nitrogens with one attached hydrogen (secondary N) is 3. The Morgan fingerprint density at radius 2 is 1.62 bits per heavy atom. The molecule has 0 radical (unpaired) electrons. The van der Waals surface area contributed by atoms with Crippen LogP contribution in [0.1, 0.15) is 39.7 Å². The fourth-order valence-electron chi connectivity index (χ4n) is 3.39. The van der Waals surface area contributed by atoms with Crippen LogP contribution in [0.5, 0.6) is 5.75 Å². The van der Waals surface area contributed by atoms with E-state index in [1.807, 2.05) is 0 Å². The summed E-state index contributed by atoms with van der Waals surface area (Å²) in [5, 5.41) is 23.9. The molecule has 3 amide bonds. The van der Waals surface area contributed by atoms with Gasteiger partial charge in [0.2, 0.25) is 11.8 Å². The molecule has 1 unspecified atom stereocenters. The highest BCUT2D eigenvalue weighted by atomic mass is 32.2. The monoisotopic (exact) mass is 501 g/mol. The molecule has 192 valence electrons. The number of benzene rings is 1. The third-order valence-electron chi connectivity index (χ3n) is 5.63. The van der Waals surface area contributed by atoms with Gasteiger partial charge >= 0.3 is 0 Å². The molecule has 3 atom stereocenters. The fourth-order valence-corrected chi connectivity index (χ4v) is 4.92. The van der Waals surface area contributed by atoms with Crippen molar-refractivity contribution in [2.45, 2.75) is 56.8 Å². The quantitative estimate of drug-likeness (QED) is 0.199. The first-order valence-corrected chi connectivity index (χ1v) is 12.4. The Bertz CT molecular complexity index is 961. The summed E-state index contributed by atoms with van der Waals surface area (Å²) in [6, 6.07) is 4.86. The molecule has 1 aromatic carbocycles. The van der Waals surface area contributed by atoms with Gasteiger partial charge < -0.3 is 20.5 Å². The van der Waals surface area contributed by atoms with E-state index in [1.54, 1.807) is 38.1 Å². The van der Waals surface area contributed by atoms with Crippen molar-refractivity contribution in [3.05, 3.63) is 29.8 Å². The minimum atomic E-state index is -4.02. The third kappa shape index (κ3) is 7.15. The van der Waals surface area contributed by atoms with Gasteiger partial charge in [-0.1, -0.05) is 26.0 Å². The van der Waals surface area contributed by atoms with Crippen LogP contribution in [0.25, 0.3) is 0 Å². The van der Waals surface area contributed by atoms with E-state index in [2.05, 4.69) is 10.6 Å². The zero-order chi connectivity index (χ0) is 26.3. The van der Waals surface area contributed by atoms with E-state index in [1.165, 1.54) is 33.5 Å². The summed E-state index contributed by atoms with van der Waals surface area (Å²) in [5.74, 6) is -4.17. The highest BCUT2D eigenvalue weighted by Crippen LogP contribution is 2.27. The first kappa shape index (κ1) is 29.3. The number of hydrogen-bond donors (Lipinski definition) is 5. The fraction of sp³-hybridized carbons (Fsp3) is 0.591. The van der Waals surface area contributed by atoms with Crippen LogP contribution in [0.4, 0.5) is 0 Å². The van der Waals surface area contributed by atoms with Gasteiger partial charge in [-0.25, -0.2) is 13.9 Å². The average Bonchev–Trinajstić information content (AvgIpc) is 2.79. The van der Waals surface area contributed by atoms with Crippen molar-refractivity contribution in [1.82, 2.24) is 16.1 Å². The molecule has 0 aliphatic carbocycles. The number of aliphatic hydroxyl groups excluding tert-OH is 1. The summed E-state index contributed by atoms with van der Waals surface area (Å²) in [6.45, 7) is 6.15. The van der Waals surface area contributed by atoms with E-state index in [-0.39, 0.29) is 12.3 Å². The van der Waals surface area contributed by atoms with Gasteiger partial charge in [0.15, 0.2) is 9.84 Å². The molecule has 0 heterocycles. The molecule has 0 aliphatic rings. The normalized spacial score (nSPS) is 14.6. The molecule has 34 heavy (non-hydrogen) atoms. The van der Waals surface area contributed by atoms with Gasteiger partial charge in [0, 0.05) is 7.05 Å². The van der Waals surface area contributed by atoms with Crippen molar-refractivity contribution in [1.29, 1.82) is 0 Å².